The minimum Gasteiger partial charge on any atom is -0.452 e. The molecular formula is C19H17ClFNO3. The third kappa shape index (κ3) is 6.39. The predicted molar refractivity (Wildman–Crippen MR) is 94.4 cm³/mol. The number of hydrogen-bond acceptors (Lipinski definition) is 3. The van der Waals surface area contributed by atoms with Crippen molar-refractivity contribution in [2.45, 2.75) is 13.0 Å². The fraction of sp³-hybridized carbons (Fsp3) is 0.158. The normalized spacial score (nSPS) is 12.0. The highest BCUT2D eigenvalue weighted by Crippen LogP contribution is 2.17. The zero-order chi connectivity index (χ0) is 18.2. The number of amides is 1. The molecule has 0 saturated carbocycles. The predicted octanol–water partition coefficient (Wildman–Crippen LogP) is 3.91. The van der Waals surface area contributed by atoms with Crippen LogP contribution in [0.1, 0.15) is 24.1 Å². The van der Waals surface area contributed by atoms with Crippen LogP contribution in [0.15, 0.2) is 54.6 Å². The van der Waals surface area contributed by atoms with Gasteiger partial charge in [0.15, 0.2) is 6.61 Å². The van der Waals surface area contributed by atoms with E-state index in [1.807, 2.05) is 6.07 Å². The fourth-order valence-corrected chi connectivity index (χ4v) is 2.26. The van der Waals surface area contributed by atoms with E-state index in [4.69, 9.17) is 16.3 Å². The molecule has 0 fully saturated rings. The van der Waals surface area contributed by atoms with E-state index in [1.165, 1.54) is 36.4 Å². The molecule has 2 aromatic rings. The molecule has 0 aliphatic rings. The summed E-state index contributed by atoms with van der Waals surface area (Å²) in [5, 5.41) is 3.30. The molecule has 0 bridgehead atoms. The van der Waals surface area contributed by atoms with Gasteiger partial charge in [0.25, 0.3) is 5.91 Å². The van der Waals surface area contributed by atoms with E-state index < -0.39 is 18.5 Å². The summed E-state index contributed by atoms with van der Waals surface area (Å²) in [6.07, 6.45) is 2.66. The molecule has 0 heterocycles. The summed E-state index contributed by atoms with van der Waals surface area (Å²) < 4.78 is 17.6. The van der Waals surface area contributed by atoms with Crippen molar-refractivity contribution in [1.29, 1.82) is 0 Å². The van der Waals surface area contributed by atoms with E-state index in [0.717, 1.165) is 5.56 Å². The zero-order valence-corrected chi connectivity index (χ0v) is 14.3. The lowest BCUT2D eigenvalue weighted by atomic mass is 10.1. The van der Waals surface area contributed by atoms with Crippen LogP contribution in [0.25, 0.3) is 6.08 Å². The number of carbonyl (C=O) groups is 2. The van der Waals surface area contributed by atoms with E-state index in [1.54, 1.807) is 25.1 Å². The first-order chi connectivity index (χ1) is 11.9. The Labute approximate surface area is 150 Å². The maximum absolute atomic E-state index is 12.8. The van der Waals surface area contributed by atoms with Crippen molar-refractivity contribution in [3.8, 4) is 0 Å². The van der Waals surface area contributed by atoms with E-state index >= 15 is 0 Å². The zero-order valence-electron chi connectivity index (χ0n) is 13.5. The number of benzene rings is 2. The highest BCUT2D eigenvalue weighted by molar-refractivity contribution is 6.30. The molecule has 1 N–H and O–H groups in total. The van der Waals surface area contributed by atoms with Gasteiger partial charge in [-0.25, -0.2) is 9.18 Å². The third-order valence-electron chi connectivity index (χ3n) is 3.35. The maximum atomic E-state index is 12.8. The van der Waals surface area contributed by atoms with E-state index in [-0.39, 0.29) is 11.9 Å². The van der Waals surface area contributed by atoms with Gasteiger partial charge >= 0.3 is 5.97 Å². The number of halogens is 2. The lowest BCUT2D eigenvalue weighted by Gasteiger charge is -2.14. The van der Waals surface area contributed by atoms with Crippen molar-refractivity contribution in [3.05, 3.63) is 76.6 Å². The molecule has 0 aliphatic heterocycles. The van der Waals surface area contributed by atoms with Crippen LogP contribution in [0.4, 0.5) is 4.39 Å². The first kappa shape index (κ1) is 18.7. The Morgan fingerprint density at radius 3 is 2.64 bits per heavy atom. The monoisotopic (exact) mass is 361 g/mol. The highest BCUT2D eigenvalue weighted by Gasteiger charge is 2.11. The Hall–Kier alpha value is -2.66. The molecule has 130 valence electrons. The van der Waals surface area contributed by atoms with Gasteiger partial charge in [0, 0.05) is 11.1 Å². The number of carbonyl (C=O) groups excluding carboxylic acids is 2. The maximum Gasteiger partial charge on any atom is 0.331 e. The van der Waals surface area contributed by atoms with Crippen molar-refractivity contribution in [1.82, 2.24) is 5.32 Å². The average molecular weight is 362 g/mol. The molecule has 4 nitrogen and oxygen atoms in total. The fourth-order valence-electron chi connectivity index (χ4n) is 2.07. The molecule has 0 unspecified atom stereocenters. The van der Waals surface area contributed by atoms with Gasteiger partial charge in [-0.05, 0) is 48.4 Å². The third-order valence-corrected chi connectivity index (χ3v) is 3.59. The van der Waals surface area contributed by atoms with Crippen molar-refractivity contribution in [3.63, 3.8) is 0 Å². The van der Waals surface area contributed by atoms with Gasteiger partial charge in [-0.2, -0.15) is 0 Å². The molecular weight excluding hydrogens is 345 g/mol. The Balaban J connectivity index is 1.79. The van der Waals surface area contributed by atoms with Crippen LogP contribution in [0.3, 0.4) is 0 Å². The molecule has 6 heteroatoms. The van der Waals surface area contributed by atoms with Crippen molar-refractivity contribution >= 4 is 29.6 Å². The van der Waals surface area contributed by atoms with E-state index in [9.17, 15) is 14.0 Å². The Bertz CT molecular complexity index is 774. The van der Waals surface area contributed by atoms with Gasteiger partial charge in [0.05, 0.1) is 6.04 Å². The van der Waals surface area contributed by atoms with Gasteiger partial charge in [-0.15, -0.1) is 0 Å². The van der Waals surface area contributed by atoms with Crippen LogP contribution < -0.4 is 5.32 Å². The first-order valence-electron chi connectivity index (χ1n) is 7.59. The largest absolute Gasteiger partial charge is 0.452 e. The minimum atomic E-state index is -0.658. The Morgan fingerprint density at radius 1 is 1.24 bits per heavy atom. The molecule has 2 rings (SSSR count). The molecule has 2 aromatic carbocycles. The number of hydrogen-bond donors (Lipinski definition) is 1. The van der Waals surface area contributed by atoms with Crippen molar-refractivity contribution in [2.24, 2.45) is 0 Å². The van der Waals surface area contributed by atoms with Crippen LogP contribution in [0.5, 0.6) is 0 Å². The number of rotatable bonds is 6. The molecule has 0 radical (unpaired) electrons. The van der Waals surface area contributed by atoms with E-state index in [2.05, 4.69) is 5.32 Å². The summed E-state index contributed by atoms with van der Waals surface area (Å²) in [5.74, 6) is -1.43. The van der Waals surface area contributed by atoms with Crippen LogP contribution in [-0.4, -0.2) is 18.5 Å². The second-order valence-corrected chi connectivity index (χ2v) is 5.77. The first-order valence-corrected chi connectivity index (χ1v) is 7.97. The van der Waals surface area contributed by atoms with Crippen molar-refractivity contribution in [2.75, 3.05) is 6.61 Å². The van der Waals surface area contributed by atoms with Gasteiger partial charge < -0.3 is 10.1 Å². The topological polar surface area (TPSA) is 55.4 Å². The van der Waals surface area contributed by atoms with Crippen molar-refractivity contribution < 1.29 is 18.7 Å². The molecule has 0 spiro atoms. The SMILES string of the molecule is C[C@H](NC(=O)COC(=O)/C=C/c1ccc(F)cc1)c1cccc(Cl)c1. The summed E-state index contributed by atoms with van der Waals surface area (Å²) in [6.45, 7) is 1.41. The quantitative estimate of drug-likeness (QED) is 0.627. The molecule has 25 heavy (non-hydrogen) atoms. The number of nitrogens with one attached hydrogen (secondary N) is 1. The average Bonchev–Trinajstić information content (AvgIpc) is 2.59. The van der Waals surface area contributed by atoms with Crippen LogP contribution in [0.2, 0.25) is 5.02 Å². The highest BCUT2D eigenvalue weighted by atomic mass is 35.5. The lowest BCUT2D eigenvalue weighted by Crippen LogP contribution is -2.30. The van der Waals surface area contributed by atoms with Crippen LogP contribution in [-0.2, 0) is 14.3 Å². The van der Waals surface area contributed by atoms with Crippen LogP contribution >= 0.6 is 11.6 Å². The number of esters is 1. The summed E-state index contributed by atoms with van der Waals surface area (Å²) in [5.41, 5.74) is 1.50. The van der Waals surface area contributed by atoms with Gasteiger partial charge in [-0.1, -0.05) is 35.9 Å². The minimum absolute atomic E-state index is 0.264. The van der Waals surface area contributed by atoms with Crippen LogP contribution in [0, 0.1) is 5.82 Å². The van der Waals surface area contributed by atoms with Gasteiger partial charge in [-0.3, -0.25) is 4.79 Å². The lowest BCUT2D eigenvalue weighted by molar-refractivity contribution is -0.144. The molecule has 1 amide bonds. The smallest absolute Gasteiger partial charge is 0.331 e. The number of ether oxygens (including phenoxy) is 1. The van der Waals surface area contributed by atoms with E-state index in [0.29, 0.717) is 10.6 Å². The Kier molecular flexibility index (Phi) is 6.71. The molecule has 1 atom stereocenters. The Morgan fingerprint density at radius 2 is 1.96 bits per heavy atom. The second-order valence-electron chi connectivity index (χ2n) is 5.34. The summed E-state index contributed by atoms with van der Waals surface area (Å²) in [4.78, 5) is 23.4. The van der Waals surface area contributed by atoms with Gasteiger partial charge in [0.2, 0.25) is 0 Å². The second kappa shape index (κ2) is 8.99. The molecule has 0 aromatic heterocycles. The van der Waals surface area contributed by atoms with Gasteiger partial charge in [0.1, 0.15) is 5.82 Å². The molecule has 0 aliphatic carbocycles. The summed E-state index contributed by atoms with van der Waals surface area (Å²) in [7, 11) is 0. The standard InChI is InChI=1S/C19H17ClFNO3/c1-13(15-3-2-4-16(20)11-15)22-18(23)12-25-19(24)10-7-14-5-8-17(21)9-6-14/h2-11,13H,12H2,1H3,(H,22,23)/b10-7+/t13-/m0/s1. The summed E-state index contributed by atoms with van der Waals surface area (Å²) in [6, 6.07) is 12.5. The molecule has 0 saturated heterocycles. The summed E-state index contributed by atoms with van der Waals surface area (Å²) >= 11 is 5.91.